The number of amides is 1. The summed E-state index contributed by atoms with van der Waals surface area (Å²) in [4.78, 5) is 24.0. The number of carbonyl (C=O) groups is 1. The average molecular weight is 375 g/mol. The lowest BCUT2D eigenvalue weighted by Crippen LogP contribution is -2.29. The van der Waals surface area contributed by atoms with Crippen LogP contribution in [0.3, 0.4) is 0 Å². The number of hydrogen-bond donors (Lipinski definition) is 1. The van der Waals surface area contributed by atoms with Crippen LogP contribution in [0, 0.1) is 13.8 Å². The van der Waals surface area contributed by atoms with E-state index in [-0.39, 0.29) is 18.0 Å². The molecule has 140 valence electrons. The first-order chi connectivity index (χ1) is 13.5. The van der Waals surface area contributed by atoms with Crippen molar-refractivity contribution < 1.29 is 4.79 Å². The molecule has 0 aliphatic rings. The Kier molecular flexibility index (Phi) is 4.40. The van der Waals surface area contributed by atoms with E-state index >= 15 is 0 Å². The Morgan fingerprint density at radius 2 is 1.75 bits per heavy atom. The third kappa shape index (κ3) is 3.50. The molecular formula is C19H17N7O2. The second kappa shape index (κ2) is 7.03. The molecular weight excluding hydrogens is 358 g/mol. The van der Waals surface area contributed by atoms with E-state index in [0.717, 1.165) is 15.9 Å². The van der Waals surface area contributed by atoms with Gasteiger partial charge in [0.1, 0.15) is 6.54 Å². The van der Waals surface area contributed by atoms with Crippen molar-refractivity contribution in [3.8, 4) is 11.3 Å². The van der Waals surface area contributed by atoms with Gasteiger partial charge in [-0.25, -0.2) is 4.68 Å². The summed E-state index contributed by atoms with van der Waals surface area (Å²) < 4.78 is 2.82. The quantitative estimate of drug-likeness (QED) is 0.581. The molecule has 3 heterocycles. The van der Waals surface area contributed by atoms with Crippen LogP contribution in [-0.4, -0.2) is 35.5 Å². The number of carbonyl (C=O) groups excluding carboxylic acids is 1. The summed E-state index contributed by atoms with van der Waals surface area (Å²) in [6, 6.07) is 14.0. The molecule has 3 aromatic heterocycles. The summed E-state index contributed by atoms with van der Waals surface area (Å²) in [5.41, 5.74) is 3.32. The van der Waals surface area contributed by atoms with Gasteiger partial charge in [-0.1, -0.05) is 12.1 Å². The minimum absolute atomic E-state index is 0.145. The van der Waals surface area contributed by atoms with E-state index in [9.17, 15) is 9.59 Å². The van der Waals surface area contributed by atoms with Crippen molar-refractivity contribution >= 4 is 17.2 Å². The second-order valence-electron chi connectivity index (χ2n) is 6.33. The van der Waals surface area contributed by atoms with Crippen LogP contribution in [0.4, 0.5) is 5.69 Å². The van der Waals surface area contributed by atoms with Crippen molar-refractivity contribution in [2.24, 2.45) is 0 Å². The zero-order chi connectivity index (χ0) is 19.7. The van der Waals surface area contributed by atoms with Gasteiger partial charge in [-0.15, -0.1) is 10.2 Å². The molecule has 0 fully saturated rings. The Morgan fingerprint density at radius 3 is 2.54 bits per heavy atom. The maximum absolute atomic E-state index is 12.2. The third-order valence-corrected chi connectivity index (χ3v) is 4.18. The fourth-order valence-electron chi connectivity index (χ4n) is 2.78. The number of nitrogens with zero attached hydrogens (tertiary/aromatic N) is 6. The highest BCUT2D eigenvalue weighted by atomic mass is 16.2. The first kappa shape index (κ1) is 17.5. The molecule has 0 bridgehead atoms. The summed E-state index contributed by atoms with van der Waals surface area (Å²) in [5, 5.41) is 19.4. The first-order valence-corrected chi connectivity index (χ1v) is 8.64. The van der Waals surface area contributed by atoms with Gasteiger partial charge in [0, 0.05) is 17.3 Å². The van der Waals surface area contributed by atoms with E-state index in [4.69, 9.17) is 0 Å². The van der Waals surface area contributed by atoms with Gasteiger partial charge >= 0.3 is 0 Å². The van der Waals surface area contributed by atoms with E-state index < -0.39 is 0 Å². The zero-order valence-electron chi connectivity index (χ0n) is 15.3. The molecule has 9 nitrogen and oxygen atoms in total. The van der Waals surface area contributed by atoms with Crippen molar-refractivity contribution in [1.82, 2.24) is 29.6 Å². The summed E-state index contributed by atoms with van der Waals surface area (Å²) in [7, 11) is 0. The Bertz CT molecular complexity index is 1230. The fourth-order valence-corrected chi connectivity index (χ4v) is 2.78. The van der Waals surface area contributed by atoms with Gasteiger partial charge in [-0.05, 0) is 44.2 Å². The standard InChI is InChI=1S/C19H17N7O2/c1-12-3-10-19(28)25(23-12)11-18(27)20-15-6-4-14(5-7-15)16-8-9-17-22-21-13(2)26(17)24-16/h3-10H,11H2,1-2H3,(H,20,27). The van der Waals surface area contributed by atoms with Crippen LogP contribution >= 0.6 is 0 Å². The summed E-state index contributed by atoms with van der Waals surface area (Å²) in [6.45, 7) is 3.45. The average Bonchev–Trinajstić information content (AvgIpc) is 3.06. The highest BCUT2D eigenvalue weighted by Crippen LogP contribution is 2.20. The predicted molar refractivity (Wildman–Crippen MR) is 103 cm³/mol. The molecule has 9 heteroatoms. The van der Waals surface area contributed by atoms with Crippen LogP contribution in [-0.2, 0) is 11.3 Å². The first-order valence-electron chi connectivity index (χ1n) is 8.64. The van der Waals surface area contributed by atoms with Crippen LogP contribution < -0.4 is 10.9 Å². The topological polar surface area (TPSA) is 107 Å². The molecule has 0 unspecified atom stereocenters. The van der Waals surface area contributed by atoms with E-state index in [1.54, 1.807) is 29.6 Å². The van der Waals surface area contributed by atoms with Crippen LogP contribution in [0.25, 0.3) is 16.9 Å². The Morgan fingerprint density at radius 1 is 0.964 bits per heavy atom. The van der Waals surface area contributed by atoms with Gasteiger partial charge in [0.25, 0.3) is 5.56 Å². The lowest BCUT2D eigenvalue weighted by molar-refractivity contribution is -0.117. The number of aromatic nitrogens is 6. The van der Waals surface area contributed by atoms with Gasteiger partial charge in [-0.3, -0.25) is 9.59 Å². The smallest absolute Gasteiger partial charge is 0.267 e. The van der Waals surface area contributed by atoms with Crippen molar-refractivity contribution in [2.45, 2.75) is 20.4 Å². The molecule has 0 atom stereocenters. The van der Waals surface area contributed by atoms with Crippen LogP contribution in [0.2, 0.25) is 0 Å². The van der Waals surface area contributed by atoms with Crippen LogP contribution in [0.1, 0.15) is 11.5 Å². The number of aryl methyl sites for hydroxylation is 2. The summed E-state index contributed by atoms with van der Waals surface area (Å²) in [6.07, 6.45) is 0. The molecule has 0 radical (unpaired) electrons. The number of rotatable bonds is 4. The molecule has 4 aromatic rings. The van der Waals surface area contributed by atoms with Crippen molar-refractivity contribution in [3.63, 3.8) is 0 Å². The minimum Gasteiger partial charge on any atom is -0.324 e. The largest absolute Gasteiger partial charge is 0.324 e. The SMILES string of the molecule is Cc1ccc(=O)n(CC(=O)Nc2ccc(-c3ccc4nnc(C)n4n3)cc2)n1. The molecule has 0 aliphatic carbocycles. The molecule has 1 N–H and O–H groups in total. The van der Waals surface area contributed by atoms with Crippen molar-refractivity contribution in [2.75, 3.05) is 5.32 Å². The van der Waals surface area contributed by atoms with Crippen molar-refractivity contribution in [3.05, 3.63) is 70.4 Å². The highest BCUT2D eigenvalue weighted by Gasteiger charge is 2.08. The second-order valence-corrected chi connectivity index (χ2v) is 6.33. The van der Waals surface area contributed by atoms with Gasteiger partial charge in [0.2, 0.25) is 5.91 Å². The van der Waals surface area contributed by atoms with E-state index in [1.807, 2.05) is 31.2 Å². The number of nitrogens with one attached hydrogen (secondary N) is 1. The lowest BCUT2D eigenvalue weighted by Gasteiger charge is -2.08. The minimum atomic E-state index is -0.326. The zero-order valence-corrected chi connectivity index (χ0v) is 15.3. The third-order valence-electron chi connectivity index (χ3n) is 4.18. The summed E-state index contributed by atoms with van der Waals surface area (Å²) >= 11 is 0. The van der Waals surface area contributed by atoms with E-state index in [2.05, 4.69) is 25.7 Å². The van der Waals surface area contributed by atoms with Gasteiger partial charge < -0.3 is 5.32 Å². The normalized spacial score (nSPS) is 10.9. The monoisotopic (exact) mass is 375 g/mol. The summed E-state index contributed by atoms with van der Waals surface area (Å²) in [5.74, 6) is 0.383. The van der Waals surface area contributed by atoms with Crippen LogP contribution in [0.5, 0.6) is 0 Å². The molecule has 4 rings (SSSR count). The maximum atomic E-state index is 12.2. The molecule has 28 heavy (non-hydrogen) atoms. The number of hydrogen-bond acceptors (Lipinski definition) is 6. The molecule has 0 spiro atoms. The lowest BCUT2D eigenvalue weighted by atomic mass is 10.1. The maximum Gasteiger partial charge on any atom is 0.267 e. The molecule has 0 saturated heterocycles. The molecule has 1 aromatic carbocycles. The van der Waals surface area contributed by atoms with Gasteiger partial charge in [0.05, 0.1) is 11.4 Å². The van der Waals surface area contributed by atoms with Crippen molar-refractivity contribution in [1.29, 1.82) is 0 Å². The van der Waals surface area contributed by atoms with Crippen LogP contribution in [0.15, 0.2) is 53.3 Å². The number of anilines is 1. The number of fused-ring (bicyclic) bond motifs is 1. The Labute approximate surface area is 159 Å². The fraction of sp³-hybridized carbons (Fsp3) is 0.158. The molecule has 0 aliphatic heterocycles. The number of benzene rings is 1. The Balaban J connectivity index is 1.49. The highest BCUT2D eigenvalue weighted by molar-refractivity contribution is 5.90. The van der Waals surface area contributed by atoms with Gasteiger partial charge in [-0.2, -0.15) is 14.7 Å². The molecule has 1 amide bonds. The van der Waals surface area contributed by atoms with E-state index in [1.165, 1.54) is 6.07 Å². The predicted octanol–water partition coefficient (Wildman–Crippen LogP) is 1.60. The molecule has 0 saturated carbocycles. The Hall–Kier alpha value is -3.88. The van der Waals surface area contributed by atoms with E-state index in [0.29, 0.717) is 22.9 Å². The van der Waals surface area contributed by atoms with Gasteiger partial charge in [0.15, 0.2) is 11.5 Å².